The molecule has 0 radical (unpaired) electrons. The molecule has 0 saturated carbocycles. The lowest BCUT2D eigenvalue weighted by molar-refractivity contribution is 0.112. The number of aromatic amines is 1. The first-order valence-electron chi connectivity index (χ1n) is 5.23. The summed E-state index contributed by atoms with van der Waals surface area (Å²) in [5, 5.41) is 3.94. The Hall–Kier alpha value is -2.43. The summed E-state index contributed by atoms with van der Waals surface area (Å²) in [5.74, 6) is 0.749. The minimum absolute atomic E-state index is 0.642. The normalized spacial score (nSPS) is 10.9. The first kappa shape index (κ1) is 9.77. The van der Waals surface area contributed by atoms with E-state index in [1.807, 2.05) is 19.2 Å². The summed E-state index contributed by atoms with van der Waals surface area (Å²) >= 11 is 0. The zero-order chi connectivity index (χ0) is 11.8. The molecule has 0 fully saturated rings. The summed E-state index contributed by atoms with van der Waals surface area (Å²) in [6.07, 6.45) is 2.34. The molecule has 0 spiro atoms. The number of fused-ring (bicyclic) bond motifs is 3. The number of hydrogen-bond acceptors (Lipinski definition) is 4. The average Bonchev–Trinajstić information content (AvgIpc) is 2.76. The topological polar surface area (TPSA) is 70.7 Å². The predicted octanol–water partition coefficient (Wildman–Crippen LogP) is 1.97. The minimum Gasteiger partial charge on any atom is -0.371 e. The van der Waals surface area contributed by atoms with Crippen LogP contribution < -0.4 is 5.32 Å². The summed E-state index contributed by atoms with van der Waals surface area (Å²) in [7, 11) is 1.81. The molecule has 0 aliphatic carbocycles. The summed E-state index contributed by atoms with van der Waals surface area (Å²) in [4.78, 5) is 22.4. The molecule has 0 saturated heterocycles. The number of aromatic nitrogens is 3. The zero-order valence-electron chi connectivity index (χ0n) is 9.19. The molecular weight excluding hydrogens is 216 g/mol. The maximum atomic E-state index is 10.8. The van der Waals surface area contributed by atoms with E-state index in [2.05, 4.69) is 20.3 Å². The number of aldehydes is 1. The largest absolute Gasteiger partial charge is 0.371 e. The van der Waals surface area contributed by atoms with Crippen molar-refractivity contribution in [1.82, 2.24) is 15.0 Å². The zero-order valence-corrected chi connectivity index (χ0v) is 9.19. The molecule has 0 aliphatic rings. The minimum atomic E-state index is 0.642. The molecule has 0 unspecified atom stereocenters. The van der Waals surface area contributed by atoms with Crippen molar-refractivity contribution in [3.8, 4) is 0 Å². The number of nitrogens with one attached hydrogen (secondary N) is 2. The highest BCUT2D eigenvalue weighted by atomic mass is 16.1. The third-order valence-corrected chi connectivity index (χ3v) is 2.78. The van der Waals surface area contributed by atoms with Gasteiger partial charge in [-0.15, -0.1) is 0 Å². The molecule has 0 aliphatic heterocycles. The van der Waals surface area contributed by atoms with E-state index >= 15 is 0 Å². The molecule has 0 bridgehead atoms. The van der Waals surface area contributed by atoms with E-state index in [4.69, 9.17) is 0 Å². The molecule has 3 aromatic rings. The average molecular weight is 226 g/mol. The van der Waals surface area contributed by atoms with E-state index in [1.54, 1.807) is 6.07 Å². The van der Waals surface area contributed by atoms with Gasteiger partial charge in [0.15, 0.2) is 5.82 Å². The monoisotopic (exact) mass is 226 g/mol. The molecule has 5 heteroatoms. The van der Waals surface area contributed by atoms with Crippen LogP contribution in [-0.4, -0.2) is 28.3 Å². The van der Waals surface area contributed by atoms with Crippen molar-refractivity contribution in [2.75, 3.05) is 12.4 Å². The van der Waals surface area contributed by atoms with Crippen LogP contribution in [0.4, 0.5) is 5.82 Å². The first-order valence-corrected chi connectivity index (χ1v) is 5.23. The van der Waals surface area contributed by atoms with E-state index in [0.717, 1.165) is 34.0 Å². The van der Waals surface area contributed by atoms with Crippen LogP contribution in [0.5, 0.6) is 0 Å². The Labute approximate surface area is 96.9 Å². The summed E-state index contributed by atoms with van der Waals surface area (Å²) in [6.45, 7) is 0. The van der Waals surface area contributed by atoms with Gasteiger partial charge in [-0.2, -0.15) is 0 Å². The molecule has 1 aromatic carbocycles. The van der Waals surface area contributed by atoms with E-state index in [9.17, 15) is 4.79 Å². The number of nitrogens with zero attached hydrogens (tertiary/aromatic N) is 2. The Kier molecular flexibility index (Phi) is 2.04. The molecular formula is C12H10N4O. The van der Waals surface area contributed by atoms with Crippen molar-refractivity contribution >= 4 is 34.0 Å². The summed E-state index contributed by atoms with van der Waals surface area (Å²) < 4.78 is 0. The van der Waals surface area contributed by atoms with Crippen LogP contribution in [0.2, 0.25) is 0 Å². The van der Waals surface area contributed by atoms with Crippen LogP contribution in [0.3, 0.4) is 0 Å². The first-order chi connectivity index (χ1) is 8.33. The highest BCUT2D eigenvalue weighted by Gasteiger charge is 2.09. The highest BCUT2D eigenvalue weighted by Crippen LogP contribution is 2.27. The second-order valence-corrected chi connectivity index (χ2v) is 3.74. The van der Waals surface area contributed by atoms with Crippen LogP contribution >= 0.6 is 0 Å². The van der Waals surface area contributed by atoms with Crippen molar-refractivity contribution in [2.45, 2.75) is 0 Å². The lowest BCUT2D eigenvalue weighted by atomic mass is 10.1. The van der Waals surface area contributed by atoms with Gasteiger partial charge in [0, 0.05) is 23.5 Å². The summed E-state index contributed by atoms with van der Waals surface area (Å²) in [6, 6.07) is 5.48. The molecule has 3 rings (SSSR count). The van der Waals surface area contributed by atoms with Crippen LogP contribution in [0, 0.1) is 0 Å². The second-order valence-electron chi connectivity index (χ2n) is 3.74. The van der Waals surface area contributed by atoms with Crippen molar-refractivity contribution in [1.29, 1.82) is 0 Å². The van der Waals surface area contributed by atoms with Crippen LogP contribution in [0.15, 0.2) is 24.5 Å². The van der Waals surface area contributed by atoms with Gasteiger partial charge in [0.2, 0.25) is 0 Å². The SMILES string of the molecule is CNc1ncnc2c1[nH]c1ccc(C=O)cc12. The molecule has 2 N–H and O–H groups in total. The Bertz CT molecular complexity index is 717. The van der Waals surface area contributed by atoms with Gasteiger partial charge in [0.25, 0.3) is 0 Å². The molecule has 5 nitrogen and oxygen atoms in total. The number of hydrogen-bond donors (Lipinski definition) is 2. The number of carbonyl (C=O) groups is 1. The van der Waals surface area contributed by atoms with Crippen molar-refractivity contribution in [3.63, 3.8) is 0 Å². The van der Waals surface area contributed by atoms with Crippen LogP contribution in [0.1, 0.15) is 10.4 Å². The van der Waals surface area contributed by atoms with Crippen LogP contribution in [-0.2, 0) is 0 Å². The molecule has 0 amide bonds. The van der Waals surface area contributed by atoms with Gasteiger partial charge in [-0.3, -0.25) is 4.79 Å². The maximum absolute atomic E-state index is 10.8. The molecule has 2 aromatic heterocycles. The Morgan fingerprint density at radius 1 is 1.35 bits per heavy atom. The maximum Gasteiger partial charge on any atom is 0.153 e. The smallest absolute Gasteiger partial charge is 0.153 e. The predicted molar refractivity (Wildman–Crippen MR) is 66.3 cm³/mol. The van der Waals surface area contributed by atoms with Crippen molar-refractivity contribution < 1.29 is 4.79 Å². The van der Waals surface area contributed by atoms with Gasteiger partial charge in [0.05, 0.1) is 0 Å². The highest BCUT2D eigenvalue weighted by molar-refractivity contribution is 6.09. The van der Waals surface area contributed by atoms with Crippen LogP contribution in [0.25, 0.3) is 21.9 Å². The van der Waals surface area contributed by atoms with E-state index < -0.39 is 0 Å². The second kappa shape index (κ2) is 3.55. The standard InChI is InChI=1S/C12H10N4O/c1-13-12-11-10(14-6-15-12)8-4-7(5-17)2-3-9(8)16-11/h2-6,16H,1H3,(H,13,14,15). The van der Waals surface area contributed by atoms with Gasteiger partial charge < -0.3 is 10.3 Å². The van der Waals surface area contributed by atoms with Gasteiger partial charge in [-0.25, -0.2) is 9.97 Å². The van der Waals surface area contributed by atoms with E-state index in [0.29, 0.717) is 5.56 Å². The lowest BCUT2D eigenvalue weighted by Gasteiger charge is -1.98. The van der Waals surface area contributed by atoms with Gasteiger partial charge in [-0.1, -0.05) is 0 Å². The third-order valence-electron chi connectivity index (χ3n) is 2.78. The van der Waals surface area contributed by atoms with Crippen molar-refractivity contribution in [3.05, 3.63) is 30.1 Å². The Balaban J connectivity index is 2.46. The number of anilines is 1. The number of benzene rings is 1. The molecule has 0 atom stereocenters. The Morgan fingerprint density at radius 3 is 3.00 bits per heavy atom. The number of H-pyrrole nitrogens is 1. The van der Waals surface area contributed by atoms with Gasteiger partial charge >= 0.3 is 0 Å². The molecule has 2 heterocycles. The number of rotatable bonds is 2. The van der Waals surface area contributed by atoms with Crippen molar-refractivity contribution in [2.24, 2.45) is 0 Å². The molecule has 84 valence electrons. The summed E-state index contributed by atoms with van der Waals surface area (Å²) in [5.41, 5.74) is 3.27. The lowest BCUT2D eigenvalue weighted by Crippen LogP contribution is -1.93. The third kappa shape index (κ3) is 1.36. The van der Waals surface area contributed by atoms with E-state index in [-0.39, 0.29) is 0 Å². The fourth-order valence-corrected chi connectivity index (χ4v) is 1.97. The molecule has 17 heavy (non-hydrogen) atoms. The van der Waals surface area contributed by atoms with Gasteiger partial charge in [0.1, 0.15) is 23.6 Å². The number of carbonyl (C=O) groups excluding carboxylic acids is 1. The Morgan fingerprint density at radius 2 is 2.24 bits per heavy atom. The van der Waals surface area contributed by atoms with Gasteiger partial charge in [-0.05, 0) is 18.2 Å². The quantitative estimate of drug-likeness (QED) is 0.655. The fourth-order valence-electron chi connectivity index (χ4n) is 1.97. The fraction of sp³-hybridized carbons (Fsp3) is 0.0833. The van der Waals surface area contributed by atoms with E-state index in [1.165, 1.54) is 6.33 Å².